The van der Waals surface area contributed by atoms with Crippen LogP contribution in [0.25, 0.3) is 0 Å². The van der Waals surface area contributed by atoms with Crippen molar-refractivity contribution in [1.29, 1.82) is 5.41 Å². The lowest BCUT2D eigenvalue weighted by Crippen LogP contribution is -2.00. The molecule has 0 aliphatic rings. The van der Waals surface area contributed by atoms with Crippen LogP contribution in [-0.2, 0) is 0 Å². The highest BCUT2D eigenvalue weighted by molar-refractivity contribution is 5.73. The summed E-state index contributed by atoms with van der Waals surface area (Å²) in [6.45, 7) is 1.53. The Bertz CT molecular complexity index is 202. The van der Waals surface area contributed by atoms with Gasteiger partial charge in [0.25, 0.3) is 0 Å². The van der Waals surface area contributed by atoms with Crippen molar-refractivity contribution < 1.29 is 0 Å². The standard InChI is InChI=1S/C6H7N.C2H6N2/c7-6-4-2-1-3-5-6;1-2(3)4/h1-5H,7H2;1H3,(H3,3,4). The number of benzene rings is 1. The molecule has 0 amide bonds. The van der Waals surface area contributed by atoms with Crippen LogP contribution >= 0.6 is 0 Å². The van der Waals surface area contributed by atoms with Crippen LogP contribution in [-0.4, -0.2) is 5.84 Å². The number of para-hydroxylation sites is 1. The molecule has 0 saturated carbocycles. The first-order valence-electron chi connectivity index (χ1n) is 3.24. The molecule has 0 fully saturated rings. The quantitative estimate of drug-likeness (QED) is 0.296. The summed E-state index contributed by atoms with van der Waals surface area (Å²) in [5, 5.41) is 6.28. The molecule has 5 N–H and O–H groups in total. The third-order valence-corrected chi connectivity index (χ3v) is 0.800. The molecule has 0 spiro atoms. The molecule has 3 heteroatoms. The van der Waals surface area contributed by atoms with E-state index in [1.54, 1.807) is 0 Å². The maximum atomic E-state index is 6.28. The molecule has 11 heavy (non-hydrogen) atoms. The van der Waals surface area contributed by atoms with Gasteiger partial charge in [-0.25, -0.2) is 0 Å². The zero-order valence-corrected chi connectivity index (χ0v) is 6.54. The Morgan fingerprint density at radius 3 is 1.82 bits per heavy atom. The molecule has 0 bridgehead atoms. The van der Waals surface area contributed by atoms with Crippen molar-refractivity contribution in [2.24, 2.45) is 5.73 Å². The van der Waals surface area contributed by atoms with E-state index in [9.17, 15) is 0 Å². The number of nitrogen functional groups attached to an aromatic ring is 1. The molecule has 0 atom stereocenters. The van der Waals surface area contributed by atoms with Crippen molar-refractivity contribution in [3.63, 3.8) is 0 Å². The second-order valence-electron chi connectivity index (χ2n) is 2.09. The van der Waals surface area contributed by atoms with Crippen molar-refractivity contribution in [1.82, 2.24) is 0 Å². The van der Waals surface area contributed by atoms with Crippen molar-refractivity contribution in [3.05, 3.63) is 30.3 Å². The van der Waals surface area contributed by atoms with Gasteiger partial charge in [-0.2, -0.15) is 0 Å². The van der Waals surface area contributed by atoms with E-state index in [0.717, 1.165) is 5.69 Å². The van der Waals surface area contributed by atoms with Gasteiger partial charge < -0.3 is 11.5 Å². The zero-order valence-electron chi connectivity index (χ0n) is 6.54. The highest BCUT2D eigenvalue weighted by Gasteiger charge is 1.72. The van der Waals surface area contributed by atoms with Crippen LogP contribution in [0.4, 0.5) is 5.69 Å². The molecule has 0 aliphatic heterocycles. The molecular weight excluding hydrogens is 138 g/mol. The summed E-state index contributed by atoms with van der Waals surface area (Å²) >= 11 is 0. The summed E-state index contributed by atoms with van der Waals surface area (Å²) in [5.74, 6) is 0.167. The van der Waals surface area contributed by atoms with Crippen LogP contribution < -0.4 is 11.5 Å². The van der Waals surface area contributed by atoms with Crippen LogP contribution in [0.5, 0.6) is 0 Å². The molecule has 0 aromatic heterocycles. The van der Waals surface area contributed by atoms with Gasteiger partial charge in [-0.3, -0.25) is 5.41 Å². The van der Waals surface area contributed by atoms with E-state index in [0.29, 0.717) is 0 Å². The van der Waals surface area contributed by atoms with Crippen LogP contribution in [0.15, 0.2) is 30.3 Å². The minimum atomic E-state index is 0.167. The SMILES string of the molecule is CC(=N)N.Nc1ccccc1. The highest BCUT2D eigenvalue weighted by atomic mass is 14.7. The number of hydrogen-bond acceptors (Lipinski definition) is 2. The molecule has 0 saturated heterocycles. The normalized spacial score (nSPS) is 7.73. The molecule has 1 rings (SSSR count). The smallest absolute Gasteiger partial charge is 0.0873 e. The van der Waals surface area contributed by atoms with E-state index in [-0.39, 0.29) is 5.84 Å². The predicted octanol–water partition coefficient (Wildman–Crippen LogP) is 1.21. The fourth-order valence-corrected chi connectivity index (χ4v) is 0.453. The lowest BCUT2D eigenvalue weighted by molar-refractivity contribution is 1.42. The van der Waals surface area contributed by atoms with E-state index >= 15 is 0 Å². The Labute approximate surface area is 66.5 Å². The maximum absolute atomic E-state index is 6.28. The van der Waals surface area contributed by atoms with E-state index in [1.807, 2.05) is 30.3 Å². The van der Waals surface area contributed by atoms with E-state index < -0.39 is 0 Å². The minimum absolute atomic E-state index is 0.167. The summed E-state index contributed by atoms with van der Waals surface area (Å²) in [7, 11) is 0. The third-order valence-electron chi connectivity index (χ3n) is 0.800. The average Bonchev–Trinajstić information content (AvgIpc) is 1.87. The number of rotatable bonds is 0. The van der Waals surface area contributed by atoms with Gasteiger partial charge in [0, 0.05) is 5.69 Å². The van der Waals surface area contributed by atoms with Gasteiger partial charge in [0.05, 0.1) is 5.84 Å². The Morgan fingerprint density at radius 1 is 1.27 bits per heavy atom. The molecule has 0 radical (unpaired) electrons. The fraction of sp³-hybridized carbons (Fsp3) is 0.125. The van der Waals surface area contributed by atoms with Crippen molar-refractivity contribution in [2.45, 2.75) is 6.92 Å². The first-order chi connectivity index (χ1) is 5.13. The fourth-order valence-electron chi connectivity index (χ4n) is 0.453. The number of nitrogens with one attached hydrogen (secondary N) is 1. The predicted molar refractivity (Wildman–Crippen MR) is 48.4 cm³/mol. The molecule has 0 aliphatic carbocycles. The molecule has 0 heterocycles. The van der Waals surface area contributed by atoms with Crippen LogP contribution in [0, 0.1) is 5.41 Å². The summed E-state index contributed by atoms with van der Waals surface area (Å²) < 4.78 is 0. The number of anilines is 1. The van der Waals surface area contributed by atoms with E-state index in [1.165, 1.54) is 6.92 Å². The maximum Gasteiger partial charge on any atom is 0.0873 e. The number of amidine groups is 1. The molecule has 60 valence electrons. The lowest BCUT2D eigenvalue weighted by atomic mass is 10.3. The lowest BCUT2D eigenvalue weighted by Gasteiger charge is -1.83. The molecule has 3 nitrogen and oxygen atoms in total. The Morgan fingerprint density at radius 2 is 1.64 bits per heavy atom. The van der Waals surface area contributed by atoms with Gasteiger partial charge in [0.15, 0.2) is 0 Å². The number of nitrogens with two attached hydrogens (primary N) is 2. The first kappa shape index (κ1) is 9.49. The van der Waals surface area contributed by atoms with Gasteiger partial charge in [-0.15, -0.1) is 0 Å². The highest BCUT2D eigenvalue weighted by Crippen LogP contribution is 1.95. The molecular formula is C8H13N3. The summed E-state index contributed by atoms with van der Waals surface area (Å²) in [6, 6.07) is 9.49. The van der Waals surface area contributed by atoms with Gasteiger partial charge >= 0.3 is 0 Å². The second kappa shape index (κ2) is 5.29. The summed E-state index contributed by atoms with van der Waals surface area (Å²) in [4.78, 5) is 0. The Hall–Kier alpha value is -1.51. The molecule has 1 aromatic carbocycles. The average molecular weight is 151 g/mol. The monoisotopic (exact) mass is 151 g/mol. The largest absolute Gasteiger partial charge is 0.399 e. The van der Waals surface area contributed by atoms with Crippen LogP contribution in [0.2, 0.25) is 0 Å². The molecule has 1 aromatic rings. The van der Waals surface area contributed by atoms with Gasteiger partial charge in [0.2, 0.25) is 0 Å². The van der Waals surface area contributed by atoms with Crippen molar-refractivity contribution in [2.75, 3.05) is 5.73 Å². The zero-order chi connectivity index (χ0) is 8.69. The third kappa shape index (κ3) is 8.49. The Kier molecular flexibility index (Phi) is 4.56. The van der Waals surface area contributed by atoms with Crippen molar-refractivity contribution >= 4 is 11.5 Å². The van der Waals surface area contributed by atoms with Gasteiger partial charge in [-0.1, -0.05) is 18.2 Å². The summed E-state index contributed by atoms with van der Waals surface area (Å²) in [5.41, 5.74) is 10.9. The van der Waals surface area contributed by atoms with Gasteiger partial charge in [-0.05, 0) is 19.1 Å². The van der Waals surface area contributed by atoms with Crippen LogP contribution in [0.1, 0.15) is 6.92 Å². The summed E-state index contributed by atoms with van der Waals surface area (Å²) in [6.07, 6.45) is 0. The van der Waals surface area contributed by atoms with Crippen molar-refractivity contribution in [3.8, 4) is 0 Å². The van der Waals surface area contributed by atoms with Crippen LogP contribution in [0.3, 0.4) is 0 Å². The van der Waals surface area contributed by atoms with Gasteiger partial charge in [0.1, 0.15) is 0 Å². The molecule has 0 unspecified atom stereocenters. The second-order valence-corrected chi connectivity index (χ2v) is 2.09. The Balaban J connectivity index is 0.000000218. The van der Waals surface area contributed by atoms with E-state index in [2.05, 4.69) is 0 Å². The number of hydrogen-bond donors (Lipinski definition) is 3. The van der Waals surface area contributed by atoms with E-state index in [4.69, 9.17) is 16.9 Å². The topological polar surface area (TPSA) is 75.9 Å². The minimum Gasteiger partial charge on any atom is -0.399 e. The first-order valence-corrected chi connectivity index (χ1v) is 3.24.